The molecule has 1 fully saturated rings. The van der Waals surface area contributed by atoms with E-state index in [4.69, 9.17) is 18.9 Å². The summed E-state index contributed by atoms with van der Waals surface area (Å²) in [6.07, 6.45) is 52.4. The first-order valence-electron chi connectivity index (χ1n) is 30.3. The minimum Gasteiger partial charge on any atom is -0.462 e. The lowest BCUT2D eigenvalue weighted by Crippen LogP contribution is -2.59. The summed E-state index contributed by atoms with van der Waals surface area (Å²) in [6, 6.07) is 0. The molecule has 4 N–H and O–H groups in total. The minimum absolute atomic E-state index is 0.211. The van der Waals surface area contributed by atoms with Crippen LogP contribution in [0.3, 0.4) is 0 Å². The average Bonchev–Trinajstić information content (AvgIpc) is 3.36. The van der Waals surface area contributed by atoms with E-state index in [1.165, 1.54) is 231 Å². The Morgan fingerprint density at radius 3 is 1.11 bits per heavy atom. The van der Waals surface area contributed by atoms with Gasteiger partial charge in [-0.3, -0.25) is 9.59 Å². The van der Waals surface area contributed by atoms with Crippen LogP contribution in [0.25, 0.3) is 0 Å². The summed E-state index contributed by atoms with van der Waals surface area (Å²) in [6.45, 7) is 3.49. The van der Waals surface area contributed by atoms with Crippen LogP contribution in [-0.4, -0.2) is 89.0 Å². The van der Waals surface area contributed by atoms with E-state index in [2.05, 4.69) is 26.0 Å². The van der Waals surface area contributed by atoms with Gasteiger partial charge < -0.3 is 39.4 Å². The Labute approximate surface area is 431 Å². The number of ether oxygens (including phenoxy) is 4. The number of aliphatic hydroxyl groups is 4. The highest BCUT2D eigenvalue weighted by atomic mass is 16.7. The Bertz CT molecular complexity index is 1150. The topological polar surface area (TPSA) is 152 Å². The highest BCUT2D eigenvalue weighted by molar-refractivity contribution is 5.70. The fourth-order valence-electron chi connectivity index (χ4n) is 9.66. The third-order valence-corrected chi connectivity index (χ3v) is 14.4. The van der Waals surface area contributed by atoms with E-state index in [0.717, 1.165) is 38.5 Å². The summed E-state index contributed by atoms with van der Waals surface area (Å²) in [4.78, 5) is 25.6. The zero-order valence-corrected chi connectivity index (χ0v) is 45.8. The molecule has 0 saturated carbocycles. The van der Waals surface area contributed by atoms with Crippen molar-refractivity contribution in [3.8, 4) is 0 Å². The van der Waals surface area contributed by atoms with Gasteiger partial charge >= 0.3 is 11.9 Å². The molecule has 0 aromatic carbocycles. The number of allylic oxidation sites excluding steroid dienone is 2. The maximum Gasteiger partial charge on any atom is 0.306 e. The van der Waals surface area contributed by atoms with Crippen LogP contribution < -0.4 is 0 Å². The quantitative estimate of drug-likeness (QED) is 0.0263. The normalized spacial score (nSPS) is 18.7. The molecule has 0 aliphatic carbocycles. The fourth-order valence-corrected chi connectivity index (χ4v) is 9.66. The predicted molar refractivity (Wildman–Crippen MR) is 289 cm³/mol. The maximum absolute atomic E-state index is 12.9. The van der Waals surface area contributed by atoms with Crippen LogP contribution in [-0.2, 0) is 28.5 Å². The van der Waals surface area contributed by atoms with Gasteiger partial charge in [0.2, 0.25) is 0 Å². The third-order valence-electron chi connectivity index (χ3n) is 14.4. The van der Waals surface area contributed by atoms with Crippen molar-refractivity contribution in [3.63, 3.8) is 0 Å². The summed E-state index contributed by atoms with van der Waals surface area (Å²) in [5.74, 6) is -0.788. The number of hydrogen-bond acceptors (Lipinski definition) is 10. The fraction of sp³-hybridized carbons (Fsp3) is 0.933. The van der Waals surface area contributed by atoms with Crippen LogP contribution in [0.2, 0.25) is 0 Å². The molecule has 6 atom stereocenters. The molecule has 414 valence electrons. The first-order chi connectivity index (χ1) is 34.3. The first kappa shape index (κ1) is 66.5. The molecular weight excluding hydrogens is 881 g/mol. The van der Waals surface area contributed by atoms with E-state index in [1.807, 2.05) is 0 Å². The number of esters is 2. The molecule has 6 unspecified atom stereocenters. The molecule has 0 aromatic heterocycles. The van der Waals surface area contributed by atoms with Crippen molar-refractivity contribution in [3.05, 3.63) is 12.2 Å². The molecule has 0 radical (unpaired) electrons. The van der Waals surface area contributed by atoms with Crippen LogP contribution >= 0.6 is 0 Å². The Morgan fingerprint density at radius 1 is 0.429 bits per heavy atom. The highest BCUT2D eigenvalue weighted by Gasteiger charge is 2.44. The second kappa shape index (κ2) is 50.9. The molecule has 0 amide bonds. The van der Waals surface area contributed by atoms with Gasteiger partial charge in [0.05, 0.1) is 13.2 Å². The van der Waals surface area contributed by atoms with Crippen LogP contribution in [0.1, 0.15) is 303 Å². The van der Waals surface area contributed by atoms with Gasteiger partial charge in [0.25, 0.3) is 0 Å². The van der Waals surface area contributed by atoms with Crippen molar-refractivity contribution in [2.45, 2.75) is 340 Å². The zero-order valence-electron chi connectivity index (χ0n) is 45.8. The summed E-state index contributed by atoms with van der Waals surface area (Å²) < 4.78 is 22.4. The largest absolute Gasteiger partial charge is 0.462 e. The molecule has 0 aromatic rings. The lowest BCUT2D eigenvalue weighted by atomic mass is 9.99. The Balaban J connectivity index is 2.16. The van der Waals surface area contributed by atoms with Crippen molar-refractivity contribution in [2.75, 3.05) is 19.8 Å². The van der Waals surface area contributed by atoms with E-state index in [1.54, 1.807) is 0 Å². The van der Waals surface area contributed by atoms with E-state index >= 15 is 0 Å². The smallest absolute Gasteiger partial charge is 0.306 e. The minimum atomic E-state index is -1.59. The molecule has 0 spiro atoms. The molecule has 1 aliphatic rings. The van der Waals surface area contributed by atoms with Gasteiger partial charge in [-0.05, 0) is 38.5 Å². The van der Waals surface area contributed by atoms with Crippen LogP contribution in [0.4, 0.5) is 0 Å². The van der Waals surface area contributed by atoms with Crippen LogP contribution in [0, 0.1) is 0 Å². The Kier molecular flexibility index (Phi) is 48.4. The molecule has 1 heterocycles. The Morgan fingerprint density at radius 2 is 0.757 bits per heavy atom. The molecular formula is C60H114O10. The molecule has 0 bridgehead atoms. The van der Waals surface area contributed by atoms with Crippen molar-refractivity contribution >= 4 is 11.9 Å². The Hall–Kier alpha value is -1.56. The van der Waals surface area contributed by atoms with Gasteiger partial charge in [-0.2, -0.15) is 0 Å². The SMILES string of the molecule is CCCCCCCCCC/C=C\CCCCCCCCCCCC(=O)OC(COC(=O)CCCCCCCCCCCCCCCCCCCCCCCCCC)COC1OC(CO)C(O)C(O)C1O. The number of carbonyl (C=O) groups excluding carboxylic acids is 2. The van der Waals surface area contributed by atoms with Gasteiger partial charge in [-0.1, -0.05) is 264 Å². The van der Waals surface area contributed by atoms with E-state index < -0.39 is 49.4 Å². The molecule has 10 heteroatoms. The van der Waals surface area contributed by atoms with E-state index in [-0.39, 0.29) is 32.0 Å². The van der Waals surface area contributed by atoms with Crippen molar-refractivity contribution < 1.29 is 49.0 Å². The average molecular weight is 996 g/mol. The van der Waals surface area contributed by atoms with Gasteiger partial charge in [-0.25, -0.2) is 0 Å². The van der Waals surface area contributed by atoms with Gasteiger partial charge in [0, 0.05) is 12.8 Å². The molecule has 1 rings (SSSR count). The van der Waals surface area contributed by atoms with Gasteiger partial charge in [0.15, 0.2) is 12.4 Å². The summed E-state index contributed by atoms with van der Waals surface area (Å²) in [5.41, 5.74) is 0. The van der Waals surface area contributed by atoms with Crippen LogP contribution in [0.5, 0.6) is 0 Å². The summed E-state index contributed by atoms with van der Waals surface area (Å²) >= 11 is 0. The number of carbonyl (C=O) groups is 2. The molecule has 10 nitrogen and oxygen atoms in total. The molecule has 70 heavy (non-hydrogen) atoms. The molecule has 1 aliphatic heterocycles. The van der Waals surface area contributed by atoms with Gasteiger partial charge in [-0.15, -0.1) is 0 Å². The summed E-state index contributed by atoms with van der Waals surface area (Å²) in [5, 5.41) is 40.3. The number of rotatable bonds is 53. The highest BCUT2D eigenvalue weighted by Crippen LogP contribution is 2.23. The maximum atomic E-state index is 12.9. The van der Waals surface area contributed by atoms with E-state index in [9.17, 15) is 30.0 Å². The number of hydrogen-bond donors (Lipinski definition) is 4. The van der Waals surface area contributed by atoms with Crippen molar-refractivity contribution in [1.29, 1.82) is 0 Å². The second-order valence-electron chi connectivity index (χ2n) is 21.2. The molecule has 1 saturated heterocycles. The lowest BCUT2D eigenvalue weighted by Gasteiger charge is -2.39. The van der Waals surface area contributed by atoms with Crippen molar-refractivity contribution in [1.82, 2.24) is 0 Å². The predicted octanol–water partition coefficient (Wildman–Crippen LogP) is 15.4. The monoisotopic (exact) mass is 995 g/mol. The number of aliphatic hydroxyl groups excluding tert-OH is 4. The zero-order chi connectivity index (χ0) is 50.8. The van der Waals surface area contributed by atoms with Crippen LogP contribution in [0.15, 0.2) is 12.2 Å². The first-order valence-corrected chi connectivity index (χ1v) is 30.3. The number of unbranched alkanes of at least 4 members (excludes halogenated alkanes) is 40. The lowest BCUT2D eigenvalue weighted by molar-refractivity contribution is -0.305. The van der Waals surface area contributed by atoms with Crippen molar-refractivity contribution in [2.24, 2.45) is 0 Å². The second-order valence-corrected chi connectivity index (χ2v) is 21.2. The summed E-state index contributed by atoms with van der Waals surface area (Å²) in [7, 11) is 0. The van der Waals surface area contributed by atoms with Gasteiger partial charge in [0.1, 0.15) is 31.0 Å². The standard InChI is InChI=1S/C60H114O10/c1-3-5-7-9-11-13-15-17-19-21-23-25-26-27-29-30-32-34-36-38-40-42-44-46-48-55(62)67-51-53(52-68-60-59(66)58(65)57(64)54(50-61)70-60)69-56(63)49-47-45-43-41-39-37-35-33-31-28-24-22-20-18-16-14-12-10-8-6-4-2/h22,24,53-54,57-61,64-66H,3-21,23,25-52H2,1-2H3/b24-22-. The third kappa shape index (κ3) is 40.9. The van der Waals surface area contributed by atoms with E-state index in [0.29, 0.717) is 6.42 Å².